The third-order valence-electron chi connectivity index (χ3n) is 3.13. The van der Waals surface area contributed by atoms with E-state index in [0.717, 1.165) is 12.0 Å². The fourth-order valence-corrected chi connectivity index (χ4v) is 1.85. The van der Waals surface area contributed by atoms with E-state index < -0.39 is 11.5 Å². The molecular formula is C13H19NO2. The summed E-state index contributed by atoms with van der Waals surface area (Å²) in [5.74, 6) is -0.984. The van der Waals surface area contributed by atoms with Crippen LogP contribution >= 0.6 is 0 Å². The minimum atomic E-state index is -1.16. The Morgan fingerprint density at radius 1 is 1.44 bits per heavy atom. The molecule has 0 saturated carbocycles. The minimum absolute atomic E-state index is 0.0487. The van der Waals surface area contributed by atoms with Crippen LogP contribution in [0, 0.1) is 5.92 Å². The second kappa shape index (κ2) is 5.12. The lowest BCUT2D eigenvalue weighted by Gasteiger charge is -2.29. The molecule has 0 aliphatic rings. The molecule has 1 aromatic carbocycles. The van der Waals surface area contributed by atoms with E-state index in [1.165, 1.54) is 0 Å². The van der Waals surface area contributed by atoms with Crippen LogP contribution in [0.4, 0.5) is 0 Å². The molecule has 0 spiro atoms. The topological polar surface area (TPSA) is 63.3 Å². The number of carboxylic acid groups (broad SMARTS) is 1. The molecule has 0 heterocycles. The molecule has 0 saturated heterocycles. The van der Waals surface area contributed by atoms with Crippen molar-refractivity contribution in [3.63, 3.8) is 0 Å². The van der Waals surface area contributed by atoms with E-state index in [1.54, 1.807) is 6.92 Å². The third-order valence-corrected chi connectivity index (χ3v) is 3.13. The lowest BCUT2D eigenvalue weighted by molar-refractivity contribution is -0.144. The zero-order valence-corrected chi connectivity index (χ0v) is 9.81. The molecule has 2 unspecified atom stereocenters. The second-order valence-electron chi connectivity index (χ2n) is 4.38. The van der Waals surface area contributed by atoms with Gasteiger partial charge < -0.3 is 10.8 Å². The Bertz CT molecular complexity index is 346. The largest absolute Gasteiger partial charge is 0.480 e. The zero-order valence-electron chi connectivity index (χ0n) is 9.81. The molecule has 0 aliphatic heterocycles. The van der Waals surface area contributed by atoms with Crippen LogP contribution in [0.5, 0.6) is 0 Å². The molecule has 2 atom stereocenters. The van der Waals surface area contributed by atoms with Crippen molar-refractivity contribution in [2.75, 3.05) is 0 Å². The van der Waals surface area contributed by atoms with Gasteiger partial charge in [0.15, 0.2) is 0 Å². The predicted molar refractivity (Wildman–Crippen MR) is 64.2 cm³/mol. The maximum absolute atomic E-state index is 11.1. The highest BCUT2D eigenvalue weighted by Gasteiger charge is 2.36. The van der Waals surface area contributed by atoms with E-state index in [9.17, 15) is 4.79 Å². The number of aliphatic carboxylic acids is 1. The number of nitrogens with two attached hydrogens (primary N) is 1. The first-order valence-electron chi connectivity index (χ1n) is 5.54. The molecule has 3 N–H and O–H groups in total. The SMILES string of the molecule is CCC(Cc1ccccc1)C(C)(N)C(=O)O. The maximum Gasteiger partial charge on any atom is 0.323 e. The average molecular weight is 221 g/mol. The number of carboxylic acids is 1. The van der Waals surface area contributed by atoms with Crippen molar-refractivity contribution >= 4 is 5.97 Å². The third kappa shape index (κ3) is 2.83. The molecule has 0 radical (unpaired) electrons. The molecule has 3 heteroatoms. The smallest absolute Gasteiger partial charge is 0.323 e. The highest BCUT2D eigenvalue weighted by atomic mass is 16.4. The van der Waals surface area contributed by atoms with Crippen molar-refractivity contribution in [2.24, 2.45) is 11.7 Å². The number of rotatable bonds is 5. The highest BCUT2D eigenvalue weighted by molar-refractivity contribution is 5.78. The molecule has 16 heavy (non-hydrogen) atoms. The van der Waals surface area contributed by atoms with E-state index in [1.807, 2.05) is 37.3 Å². The van der Waals surface area contributed by atoms with E-state index >= 15 is 0 Å². The van der Waals surface area contributed by atoms with Crippen LogP contribution in [0.15, 0.2) is 30.3 Å². The van der Waals surface area contributed by atoms with Gasteiger partial charge in [-0.15, -0.1) is 0 Å². The first-order chi connectivity index (χ1) is 7.48. The lowest BCUT2D eigenvalue weighted by atomic mass is 9.80. The first kappa shape index (κ1) is 12.7. The summed E-state index contributed by atoms with van der Waals surface area (Å²) in [6, 6.07) is 9.86. The standard InChI is InChI=1S/C13H19NO2/c1-3-11(13(2,14)12(15)16)9-10-7-5-4-6-8-10/h4-8,11H,3,9,14H2,1-2H3,(H,15,16). The van der Waals surface area contributed by atoms with Crippen molar-refractivity contribution in [1.82, 2.24) is 0 Å². The Labute approximate surface area is 96.3 Å². The summed E-state index contributed by atoms with van der Waals surface area (Å²) in [5, 5.41) is 9.10. The number of carbonyl (C=O) groups is 1. The average Bonchev–Trinajstić information content (AvgIpc) is 2.26. The molecule has 88 valence electrons. The van der Waals surface area contributed by atoms with Crippen molar-refractivity contribution in [2.45, 2.75) is 32.2 Å². The van der Waals surface area contributed by atoms with Crippen molar-refractivity contribution in [3.8, 4) is 0 Å². The fraction of sp³-hybridized carbons (Fsp3) is 0.462. The molecule has 0 fully saturated rings. The summed E-state index contributed by atoms with van der Waals surface area (Å²) in [5.41, 5.74) is 5.83. The van der Waals surface area contributed by atoms with Gasteiger partial charge in [-0.2, -0.15) is 0 Å². The number of benzene rings is 1. The van der Waals surface area contributed by atoms with Gasteiger partial charge in [0.2, 0.25) is 0 Å². The van der Waals surface area contributed by atoms with Gasteiger partial charge in [0.1, 0.15) is 5.54 Å². The summed E-state index contributed by atoms with van der Waals surface area (Å²) < 4.78 is 0. The molecule has 0 aliphatic carbocycles. The maximum atomic E-state index is 11.1. The van der Waals surface area contributed by atoms with Gasteiger partial charge in [-0.1, -0.05) is 43.7 Å². The second-order valence-corrected chi connectivity index (χ2v) is 4.38. The van der Waals surface area contributed by atoms with Gasteiger partial charge in [0.05, 0.1) is 0 Å². The minimum Gasteiger partial charge on any atom is -0.480 e. The van der Waals surface area contributed by atoms with E-state index in [0.29, 0.717) is 6.42 Å². The van der Waals surface area contributed by atoms with E-state index in [4.69, 9.17) is 10.8 Å². The fourth-order valence-electron chi connectivity index (χ4n) is 1.85. The Morgan fingerprint density at radius 3 is 2.44 bits per heavy atom. The molecule has 0 bridgehead atoms. The Balaban J connectivity index is 2.81. The lowest BCUT2D eigenvalue weighted by Crippen LogP contribution is -2.52. The summed E-state index contributed by atoms with van der Waals surface area (Å²) in [4.78, 5) is 11.1. The monoisotopic (exact) mass is 221 g/mol. The van der Waals surface area contributed by atoms with Crippen molar-refractivity contribution in [3.05, 3.63) is 35.9 Å². The van der Waals surface area contributed by atoms with Crippen molar-refractivity contribution in [1.29, 1.82) is 0 Å². The molecule has 0 aromatic heterocycles. The summed E-state index contributed by atoms with van der Waals surface area (Å²) in [6.45, 7) is 3.56. The quantitative estimate of drug-likeness (QED) is 0.800. The van der Waals surface area contributed by atoms with Crippen LogP contribution in [0.1, 0.15) is 25.8 Å². The predicted octanol–water partition coefficient (Wildman–Crippen LogP) is 2.06. The van der Waals surface area contributed by atoms with Crippen LogP contribution in [-0.4, -0.2) is 16.6 Å². The van der Waals surface area contributed by atoms with Crippen LogP contribution in [-0.2, 0) is 11.2 Å². The molecule has 3 nitrogen and oxygen atoms in total. The summed E-state index contributed by atoms with van der Waals surface area (Å²) >= 11 is 0. The number of hydrogen-bond donors (Lipinski definition) is 2. The van der Waals surface area contributed by atoms with Crippen LogP contribution < -0.4 is 5.73 Å². The Morgan fingerprint density at radius 2 is 2.00 bits per heavy atom. The molecular weight excluding hydrogens is 202 g/mol. The Kier molecular flexibility index (Phi) is 4.07. The molecule has 1 aromatic rings. The van der Waals surface area contributed by atoms with Gasteiger partial charge in [-0.25, -0.2) is 0 Å². The highest BCUT2D eigenvalue weighted by Crippen LogP contribution is 2.23. The van der Waals surface area contributed by atoms with E-state index in [2.05, 4.69) is 0 Å². The summed E-state index contributed by atoms with van der Waals surface area (Å²) in [7, 11) is 0. The van der Waals surface area contributed by atoms with Gasteiger partial charge in [-0.05, 0) is 24.8 Å². The van der Waals surface area contributed by atoms with Gasteiger partial charge in [0.25, 0.3) is 0 Å². The van der Waals surface area contributed by atoms with Crippen LogP contribution in [0.25, 0.3) is 0 Å². The van der Waals surface area contributed by atoms with E-state index in [-0.39, 0.29) is 5.92 Å². The van der Waals surface area contributed by atoms with Gasteiger partial charge in [0, 0.05) is 0 Å². The number of hydrogen-bond acceptors (Lipinski definition) is 2. The normalized spacial score (nSPS) is 16.4. The first-order valence-corrected chi connectivity index (χ1v) is 5.54. The zero-order chi connectivity index (χ0) is 12.2. The van der Waals surface area contributed by atoms with Gasteiger partial charge in [-0.3, -0.25) is 4.79 Å². The van der Waals surface area contributed by atoms with Crippen LogP contribution in [0.3, 0.4) is 0 Å². The summed E-state index contributed by atoms with van der Waals surface area (Å²) in [6.07, 6.45) is 1.46. The molecule has 1 rings (SSSR count). The van der Waals surface area contributed by atoms with Crippen LogP contribution in [0.2, 0.25) is 0 Å². The molecule has 0 amide bonds. The van der Waals surface area contributed by atoms with Gasteiger partial charge >= 0.3 is 5.97 Å². The van der Waals surface area contributed by atoms with Crippen molar-refractivity contribution < 1.29 is 9.90 Å². The Hall–Kier alpha value is -1.35.